The number of anilines is 1. The van der Waals surface area contributed by atoms with Gasteiger partial charge in [0.2, 0.25) is 10.0 Å². The number of rotatable bonds is 9. The van der Waals surface area contributed by atoms with Crippen molar-refractivity contribution in [3.63, 3.8) is 0 Å². The fourth-order valence-electron chi connectivity index (χ4n) is 1.47. The van der Waals surface area contributed by atoms with Gasteiger partial charge in [-0.15, -0.1) is 0 Å². The molecule has 0 atom stereocenters. The van der Waals surface area contributed by atoms with E-state index in [0.29, 0.717) is 19.0 Å². The van der Waals surface area contributed by atoms with Crippen LogP contribution in [0, 0.1) is 0 Å². The highest BCUT2D eigenvalue weighted by Crippen LogP contribution is 2.16. The molecule has 7 nitrogen and oxygen atoms in total. The Bertz CT molecular complexity index is 505. The molecule has 0 aromatic carbocycles. The second kappa shape index (κ2) is 8.15. The summed E-state index contributed by atoms with van der Waals surface area (Å²) in [4.78, 5) is 6.11. The molecule has 1 aromatic heterocycles. The van der Waals surface area contributed by atoms with Gasteiger partial charge in [0.25, 0.3) is 0 Å². The van der Waals surface area contributed by atoms with Crippen LogP contribution in [0.15, 0.2) is 23.2 Å². The van der Waals surface area contributed by atoms with E-state index in [0.717, 1.165) is 6.54 Å². The van der Waals surface area contributed by atoms with E-state index in [1.165, 1.54) is 12.3 Å². The second-order valence-corrected chi connectivity index (χ2v) is 6.15. The highest BCUT2D eigenvalue weighted by molar-refractivity contribution is 7.89. The van der Waals surface area contributed by atoms with Gasteiger partial charge in [-0.3, -0.25) is 0 Å². The number of nitrogens with one attached hydrogen (secondary N) is 2. The first kappa shape index (κ1) is 16.8. The Balaban J connectivity index is 2.46. The summed E-state index contributed by atoms with van der Waals surface area (Å²) in [6.07, 6.45) is 1.54. The van der Waals surface area contributed by atoms with Crippen LogP contribution >= 0.6 is 0 Å². The molecule has 0 spiro atoms. The molecule has 8 heteroatoms. The van der Waals surface area contributed by atoms with Gasteiger partial charge in [0.05, 0.1) is 13.2 Å². The lowest BCUT2D eigenvalue weighted by Crippen LogP contribution is -2.29. The van der Waals surface area contributed by atoms with Crippen molar-refractivity contribution in [1.82, 2.24) is 14.6 Å². The van der Waals surface area contributed by atoms with Gasteiger partial charge in [-0.1, -0.05) is 0 Å². The number of sulfonamides is 1. The molecular weight excluding hydrogens is 280 g/mol. The maximum atomic E-state index is 12.1. The molecule has 0 aliphatic heterocycles. The summed E-state index contributed by atoms with van der Waals surface area (Å²) in [7, 11) is 1.96. The maximum Gasteiger partial charge on any atom is 0.244 e. The lowest BCUT2D eigenvalue weighted by Gasteiger charge is -2.11. The largest absolute Gasteiger partial charge is 0.379 e. The molecule has 0 aliphatic rings. The Labute approximate surface area is 120 Å². The lowest BCUT2D eigenvalue weighted by atomic mass is 10.5. The Morgan fingerprint density at radius 1 is 1.35 bits per heavy atom. The zero-order chi connectivity index (χ0) is 15.0. The van der Waals surface area contributed by atoms with Crippen LogP contribution in [0.4, 0.5) is 5.82 Å². The van der Waals surface area contributed by atoms with Gasteiger partial charge in [0, 0.05) is 26.3 Å². The third-order valence-electron chi connectivity index (χ3n) is 2.52. The monoisotopic (exact) mass is 302 g/mol. The number of hydrogen-bond acceptors (Lipinski definition) is 6. The molecular formula is C12H22N4O3S. The third-order valence-corrected chi connectivity index (χ3v) is 4.01. The normalized spacial score (nSPS) is 11.8. The molecule has 1 heterocycles. The third kappa shape index (κ3) is 5.41. The van der Waals surface area contributed by atoms with Gasteiger partial charge in [-0.25, -0.2) is 18.1 Å². The van der Waals surface area contributed by atoms with E-state index in [-0.39, 0.29) is 11.4 Å². The summed E-state index contributed by atoms with van der Waals surface area (Å²) in [5, 5.41) is 2.76. The zero-order valence-electron chi connectivity index (χ0n) is 12.1. The van der Waals surface area contributed by atoms with E-state index in [9.17, 15) is 8.42 Å². The van der Waals surface area contributed by atoms with Gasteiger partial charge in [-0.05, 0) is 26.2 Å². The summed E-state index contributed by atoms with van der Waals surface area (Å²) >= 11 is 0. The number of ether oxygens (including phenoxy) is 1. The summed E-state index contributed by atoms with van der Waals surface area (Å²) in [6, 6.07) is 3.09. The summed E-state index contributed by atoms with van der Waals surface area (Å²) < 4.78 is 32.0. The van der Waals surface area contributed by atoms with Crippen molar-refractivity contribution < 1.29 is 13.2 Å². The average Bonchev–Trinajstić information content (AvgIpc) is 2.42. The van der Waals surface area contributed by atoms with Gasteiger partial charge >= 0.3 is 0 Å². The predicted molar refractivity (Wildman–Crippen MR) is 78.3 cm³/mol. The zero-order valence-corrected chi connectivity index (χ0v) is 12.9. The van der Waals surface area contributed by atoms with Gasteiger partial charge in [0.15, 0.2) is 0 Å². The second-order valence-electron chi connectivity index (χ2n) is 4.41. The molecule has 0 radical (unpaired) electrons. The van der Waals surface area contributed by atoms with Crippen molar-refractivity contribution in [2.45, 2.75) is 4.90 Å². The van der Waals surface area contributed by atoms with Crippen LogP contribution in [0.25, 0.3) is 0 Å². The van der Waals surface area contributed by atoms with E-state index in [1.807, 2.05) is 19.0 Å². The quantitative estimate of drug-likeness (QED) is 0.624. The molecule has 0 bridgehead atoms. The Morgan fingerprint density at radius 3 is 2.75 bits per heavy atom. The van der Waals surface area contributed by atoms with Gasteiger partial charge in [-0.2, -0.15) is 0 Å². The van der Waals surface area contributed by atoms with E-state index in [1.54, 1.807) is 13.1 Å². The average molecular weight is 302 g/mol. The Hall–Kier alpha value is -1.22. The number of hydrogen-bond donors (Lipinski definition) is 2. The predicted octanol–water partition coefficient (Wildman–Crippen LogP) is -0.0202. The first-order valence-electron chi connectivity index (χ1n) is 6.32. The van der Waals surface area contributed by atoms with Crippen LogP contribution in [0.2, 0.25) is 0 Å². The van der Waals surface area contributed by atoms with Crippen molar-refractivity contribution in [3.05, 3.63) is 18.3 Å². The van der Waals surface area contributed by atoms with Gasteiger partial charge in [0.1, 0.15) is 10.7 Å². The first-order valence-corrected chi connectivity index (χ1v) is 7.80. The molecule has 0 fully saturated rings. The summed E-state index contributed by atoms with van der Waals surface area (Å²) in [5.41, 5.74) is 0. The van der Waals surface area contributed by atoms with Crippen LogP contribution in [-0.4, -0.2) is 65.7 Å². The Kier molecular flexibility index (Phi) is 6.86. The molecule has 2 N–H and O–H groups in total. The van der Waals surface area contributed by atoms with Crippen molar-refractivity contribution in [2.24, 2.45) is 0 Å². The van der Waals surface area contributed by atoms with Crippen LogP contribution in [-0.2, 0) is 14.8 Å². The minimum absolute atomic E-state index is 0.135. The first-order chi connectivity index (χ1) is 9.47. The maximum absolute atomic E-state index is 12.1. The minimum Gasteiger partial charge on any atom is -0.379 e. The van der Waals surface area contributed by atoms with E-state index in [4.69, 9.17) is 4.74 Å². The van der Waals surface area contributed by atoms with Crippen molar-refractivity contribution in [1.29, 1.82) is 0 Å². The molecule has 1 rings (SSSR count). The molecule has 114 valence electrons. The van der Waals surface area contributed by atoms with E-state index < -0.39 is 10.0 Å². The molecule has 0 saturated carbocycles. The molecule has 1 aromatic rings. The van der Waals surface area contributed by atoms with Crippen LogP contribution in [0.1, 0.15) is 0 Å². The fraction of sp³-hybridized carbons (Fsp3) is 0.583. The molecule has 20 heavy (non-hydrogen) atoms. The van der Waals surface area contributed by atoms with E-state index in [2.05, 4.69) is 15.0 Å². The Morgan fingerprint density at radius 2 is 2.10 bits per heavy atom. The van der Waals surface area contributed by atoms with E-state index >= 15 is 0 Å². The molecule has 0 aliphatic carbocycles. The standard InChI is InChI=1S/C12H22N4O3S/c1-13-12-11(5-4-6-14-12)20(17,18)15-7-9-19-10-8-16(2)3/h4-6,15H,7-10H2,1-3H3,(H,13,14). The lowest BCUT2D eigenvalue weighted by molar-refractivity contribution is 0.122. The van der Waals surface area contributed by atoms with Crippen LogP contribution in [0.3, 0.4) is 0 Å². The highest BCUT2D eigenvalue weighted by atomic mass is 32.2. The van der Waals surface area contributed by atoms with Crippen molar-refractivity contribution in [2.75, 3.05) is 52.8 Å². The summed E-state index contributed by atoms with van der Waals surface area (Å²) in [5.74, 6) is 0.327. The fourth-order valence-corrected chi connectivity index (χ4v) is 2.64. The molecule has 0 saturated heterocycles. The number of pyridine rings is 1. The van der Waals surface area contributed by atoms with Crippen molar-refractivity contribution in [3.8, 4) is 0 Å². The smallest absolute Gasteiger partial charge is 0.244 e. The van der Waals surface area contributed by atoms with Gasteiger partial charge < -0.3 is 15.0 Å². The number of likely N-dealkylation sites (N-methyl/N-ethyl adjacent to an activating group) is 1. The van der Waals surface area contributed by atoms with Crippen LogP contribution in [0.5, 0.6) is 0 Å². The minimum atomic E-state index is -3.57. The number of aromatic nitrogens is 1. The SMILES string of the molecule is CNc1ncccc1S(=O)(=O)NCCOCCN(C)C. The number of nitrogens with zero attached hydrogens (tertiary/aromatic N) is 2. The molecule has 0 unspecified atom stereocenters. The molecule has 0 amide bonds. The topological polar surface area (TPSA) is 83.6 Å². The van der Waals surface area contributed by atoms with Crippen LogP contribution < -0.4 is 10.0 Å². The summed E-state index contributed by atoms with van der Waals surface area (Å²) in [6.45, 7) is 1.94. The highest BCUT2D eigenvalue weighted by Gasteiger charge is 2.17. The van der Waals surface area contributed by atoms with Crippen molar-refractivity contribution >= 4 is 15.8 Å².